The maximum atomic E-state index is 4.64. The van der Waals surface area contributed by atoms with Crippen LogP contribution in [0, 0.1) is 5.92 Å². The average molecular weight is 193 g/mol. The summed E-state index contributed by atoms with van der Waals surface area (Å²) in [5, 5.41) is 0. The lowest BCUT2D eigenvalue weighted by atomic mass is 10.1. The third-order valence-corrected chi connectivity index (χ3v) is 2.36. The number of hydrogen-bond acceptors (Lipinski definition) is 1. The molecule has 0 aromatic rings. The second-order valence-corrected chi connectivity index (χ2v) is 4.21. The van der Waals surface area contributed by atoms with Crippen molar-refractivity contribution < 1.29 is 0 Å². The molecule has 0 saturated carbocycles. The van der Waals surface area contributed by atoms with E-state index in [0.29, 0.717) is 5.92 Å². The molecule has 0 atom stereocenters. The van der Waals surface area contributed by atoms with Crippen molar-refractivity contribution in [2.75, 3.05) is 0 Å². The van der Waals surface area contributed by atoms with Gasteiger partial charge in [-0.25, -0.2) is 0 Å². The van der Waals surface area contributed by atoms with Crippen LogP contribution in [0.1, 0.15) is 48.0 Å². The van der Waals surface area contributed by atoms with E-state index in [1.54, 1.807) is 0 Å². The summed E-state index contributed by atoms with van der Waals surface area (Å²) >= 11 is 0. The van der Waals surface area contributed by atoms with Crippen molar-refractivity contribution in [3.05, 3.63) is 23.4 Å². The van der Waals surface area contributed by atoms with Crippen LogP contribution >= 0.6 is 0 Å². The van der Waals surface area contributed by atoms with E-state index in [-0.39, 0.29) is 0 Å². The SMILES string of the molecule is C=C(CC)C(/N=C(/C)C(C)C)=C(C)C. The quantitative estimate of drug-likeness (QED) is 0.464. The molecule has 0 aromatic heterocycles. The summed E-state index contributed by atoms with van der Waals surface area (Å²) in [6, 6.07) is 0. The van der Waals surface area contributed by atoms with Gasteiger partial charge in [0.15, 0.2) is 0 Å². The average Bonchev–Trinajstić information content (AvgIpc) is 2.11. The molecule has 0 bridgehead atoms. The van der Waals surface area contributed by atoms with Crippen LogP contribution in [0.4, 0.5) is 0 Å². The normalized spacial score (nSPS) is 11.8. The van der Waals surface area contributed by atoms with Crippen LogP contribution in [-0.2, 0) is 0 Å². The first-order valence-electron chi connectivity index (χ1n) is 5.30. The summed E-state index contributed by atoms with van der Waals surface area (Å²) < 4.78 is 0. The molecule has 14 heavy (non-hydrogen) atoms. The molecule has 0 aliphatic heterocycles. The van der Waals surface area contributed by atoms with E-state index in [1.165, 1.54) is 11.3 Å². The molecule has 0 aromatic carbocycles. The molecule has 0 unspecified atom stereocenters. The third-order valence-electron chi connectivity index (χ3n) is 2.36. The van der Waals surface area contributed by atoms with Gasteiger partial charge in [0.05, 0.1) is 5.70 Å². The van der Waals surface area contributed by atoms with E-state index >= 15 is 0 Å². The Kier molecular flexibility index (Phi) is 5.44. The molecule has 1 heteroatoms. The summed E-state index contributed by atoms with van der Waals surface area (Å²) in [4.78, 5) is 4.64. The van der Waals surface area contributed by atoms with Gasteiger partial charge in [-0.1, -0.05) is 32.9 Å². The highest BCUT2D eigenvalue weighted by molar-refractivity contribution is 5.85. The van der Waals surface area contributed by atoms with E-state index in [4.69, 9.17) is 0 Å². The van der Waals surface area contributed by atoms with Gasteiger partial charge in [0, 0.05) is 5.71 Å². The van der Waals surface area contributed by atoms with Gasteiger partial charge in [0.2, 0.25) is 0 Å². The lowest BCUT2D eigenvalue weighted by Gasteiger charge is -2.10. The summed E-state index contributed by atoms with van der Waals surface area (Å²) in [6.45, 7) is 16.7. The lowest BCUT2D eigenvalue weighted by molar-refractivity contribution is 0.873. The van der Waals surface area contributed by atoms with Crippen LogP contribution < -0.4 is 0 Å². The predicted molar refractivity (Wildman–Crippen MR) is 65.8 cm³/mol. The Balaban J connectivity index is 5.00. The number of rotatable bonds is 4. The van der Waals surface area contributed by atoms with E-state index in [9.17, 15) is 0 Å². The molecule has 0 saturated heterocycles. The Morgan fingerprint density at radius 1 is 1.21 bits per heavy atom. The van der Waals surface area contributed by atoms with Crippen molar-refractivity contribution in [1.29, 1.82) is 0 Å². The Morgan fingerprint density at radius 3 is 2.00 bits per heavy atom. The summed E-state index contributed by atoms with van der Waals surface area (Å²) in [5.41, 5.74) is 4.64. The van der Waals surface area contributed by atoms with Crippen LogP contribution in [-0.4, -0.2) is 5.71 Å². The molecule has 0 amide bonds. The van der Waals surface area contributed by atoms with Crippen molar-refractivity contribution in [2.45, 2.75) is 48.0 Å². The molecule has 0 spiro atoms. The first-order valence-corrected chi connectivity index (χ1v) is 5.30. The molecule has 0 aliphatic carbocycles. The summed E-state index contributed by atoms with van der Waals surface area (Å²) in [5.74, 6) is 0.508. The summed E-state index contributed by atoms with van der Waals surface area (Å²) in [6.07, 6.45) is 0.968. The summed E-state index contributed by atoms with van der Waals surface area (Å²) in [7, 11) is 0. The molecule has 0 aliphatic rings. The van der Waals surface area contributed by atoms with Gasteiger partial charge in [-0.3, -0.25) is 4.99 Å². The molecule has 0 radical (unpaired) electrons. The Hall–Kier alpha value is -0.850. The first kappa shape index (κ1) is 13.2. The fourth-order valence-electron chi connectivity index (χ4n) is 1.02. The lowest BCUT2D eigenvalue weighted by Crippen LogP contribution is -2.03. The van der Waals surface area contributed by atoms with Crippen molar-refractivity contribution in [3.63, 3.8) is 0 Å². The highest BCUT2D eigenvalue weighted by Crippen LogP contribution is 2.18. The van der Waals surface area contributed by atoms with Crippen molar-refractivity contribution in [3.8, 4) is 0 Å². The zero-order valence-corrected chi connectivity index (χ0v) is 10.4. The van der Waals surface area contributed by atoms with E-state index < -0.39 is 0 Å². The number of allylic oxidation sites excluding steroid dienone is 2. The van der Waals surface area contributed by atoms with E-state index in [2.05, 4.69) is 53.1 Å². The van der Waals surface area contributed by atoms with Crippen molar-refractivity contribution >= 4 is 5.71 Å². The molecule has 1 nitrogen and oxygen atoms in total. The van der Waals surface area contributed by atoms with Crippen LogP contribution in [0.5, 0.6) is 0 Å². The Morgan fingerprint density at radius 2 is 1.71 bits per heavy atom. The van der Waals surface area contributed by atoms with Gasteiger partial charge in [-0.15, -0.1) is 0 Å². The first-order chi connectivity index (χ1) is 6.40. The zero-order valence-electron chi connectivity index (χ0n) is 10.4. The number of hydrogen-bond donors (Lipinski definition) is 0. The largest absolute Gasteiger partial charge is 0.258 e. The second-order valence-electron chi connectivity index (χ2n) is 4.21. The van der Waals surface area contributed by atoms with Crippen LogP contribution in [0.25, 0.3) is 0 Å². The minimum absolute atomic E-state index is 0.508. The monoisotopic (exact) mass is 193 g/mol. The Bertz CT molecular complexity index is 263. The second kappa shape index (κ2) is 5.79. The van der Waals surface area contributed by atoms with Gasteiger partial charge in [0.1, 0.15) is 0 Å². The molecule has 0 N–H and O–H groups in total. The molecule has 80 valence electrons. The van der Waals surface area contributed by atoms with Crippen molar-refractivity contribution in [2.24, 2.45) is 10.9 Å². The minimum Gasteiger partial charge on any atom is -0.258 e. The molecular weight excluding hydrogens is 170 g/mol. The standard InChI is InChI=1S/C13H23N/c1-8-11(6)13(10(4)5)14-12(7)9(2)3/h9H,6,8H2,1-5,7H3/b14-12-. The van der Waals surface area contributed by atoms with Crippen LogP contribution in [0.3, 0.4) is 0 Å². The predicted octanol–water partition coefficient (Wildman–Crippen LogP) is 4.36. The van der Waals surface area contributed by atoms with Gasteiger partial charge in [-0.2, -0.15) is 0 Å². The minimum atomic E-state index is 0.508. The molecule has 0 fully saturated rings. The van der Waals surface area contributed by atoms with Crippen LogP contribution in [0.15, 0.2) is 28.4 Å². The topological polar surface area (TPSA) is 12.4 Å². The highest BCUT2D eigenvalue weighted by atomic mass is 14.8. The number of nitrogens with zero attached hydrogens (tertiary/aromatic N) is 1. The van der Waals surface area contributed by atoms with Crippen LogP contribution in [0.2, 0.25) is 0 Å². The van der Waals surface area contributed by atoms with Gasteiger partial charge < -0.3 is 0 Å². The maximum Gasteiger partial charge on any atom is 0.0641 e. The number of aliphatic imine (C=N–C) groups is 1. The fraction of sp³-hybridized carbons (Fsp3) is 0.615. The molecule has 0 heterocycles. The maximum absolute atomic E-state index is 4.64. The smallest absolute Gasteiger partial charge is 0.0641 e. The molecule has 0 rings (SSSR count). The van der Waals surface area contributed by atoms with Gasteiger partial charge >= 0.3 is 0 Å². The highest BCUT2D eigenvalue weighted by Gasteiger charge is 2.04. The fourth-order valence-corrected chi connectivity index (χ4v) is 1.02. The van der Waals surface area contributed by atoms with Crippen molar-refractivity contribution in [1.82, 2.24) is 0 Å². The van der Waals surface area contributed by atoms with E-state index in [1.807, 2.05) is 0 Å². The zero-order chi connectivity index (χ0) is 11.3. The van der Waals surface area contributed by atoms with E-state index in [0.717, 1.165) is 17.7 Å². The Labute approximate surface area is 88.6 Å². The van der Waals surface area contributed by atoms with Gasteiger partial charge in [0.25, 0.3) is 0 Å². The molecular formula is C13H23N. The third kappa shape index (κ3) is 3.91. The van der Waals surface area contributed by atoms with Gasteiger partial charge in [-0.05, 0) is 38.7 Å².